The van der Waals surface area contributed by atoms with Gasteiger partial charge in [0.15, 0.2) is 5.54 Å². The Bertz CT molecular complexity index is 374. The Labute approximate surface area is 75.7 Å². The van der Waals surface area contributed by atoms with Crippen LogP contribution in [-0.4, -0.2) is 26.4 Å². The van der Waals surface area contributed by atoms with Crippen LogP contribution < -0.4 is 0 Å². The first-order valence-electron chi connectivity index (χ1n) is 3.55. The van der Waals surface area contributed by atoms with E-state index in [0.717, 1.165) is 4.68 Å². The van der Waals surface area contributed by atoms with Gasteiger partial charge in [-0.05, 0) is 25.1 Å². The third kappa shape index (κ3) is 1.08. The Kier molecular flexibility index (Phi) is 1.54. The summed E-state index contributed by atoms with van der Waals surface area (Å²) < 4.78 is 38.1. The highest BCUT2D eigenvalue weighted by molar-refractivity contribution is 7.71. The molecule has 1 N–H and O–H groups in total. The van der Waals surface area contributed by atoms with Gasteiger partial charge in [-0.3, -0.25) is 0 Å². The van der Waals surface area contributed by atoms with E-state index in [1.807, 2.05) is 0 Å². The van der Waals surface area contributed by atoms with Crippen molar-refractivity contribution in [1.82, 2.24) is 20.2 Å². The number of aromatic amines is 1. The van der Waals surface area contributed by atoms with Crippen molar-refractivity contribution >= 4 is 12.2 Å². The zero-order valence-corrected chi connectivity index (χ0v) is 7.11. The summed E-state index contributed by atoms with van der Waals surface area (Å²) in [5, 5.41) is 8.68. The molecule has 1 saturated carbocycles. The normalized spacial score (nSPS) is 20.2. The predicted molar refractivity (Wildman–Crippen MR) is 38.5 cm³/mol. The molecule has 0 spiro atoms. The highest BCUT2D eigenvalue weighted by atomic mass is 32.1. The van der Waals surface area contributed by atoms with Crippen LogP contribution in [0.25, 0.3) is 0 Å². The van der Waals surface area contributed by atoms with Crippen LogP contribution >= 0.6 is 12.2 Å². The van der Waals surface area contributed by atoms with E-state index in [4.69, 9.17) is 0 Å². The van der Waals surface area contributed by atoms with E-state index >= 15 is 0 Å². The van der Waals surface area contributed by atoms with Crippen molar-refractivity contribution in [3.05, 3.63) is 4.77 Å². The van der Waals surface area contributed by atoms with Crippen LogP contribution in [0.2, 0.25) is 0 Å². The minimum Gasteiger partial charge on any atom is -0.227 e. The van der Waals surface area contributed by atoms with Gasteiger partial charge in [-0.1, -0.05) is 10.3 Å². The van der Waals surface area contributed by atoms with Gasteiger partial charge >= 0.3 is 6.18 Å². The zero-order valence-electron chi connectivity index (χ0n) is 6.30. The van der Waals surface area contributed by atoms with Gasteiger partial charge < -0.3 is 0 Å². The summed E-state index contributed by atoms with van der Waals surface area (Å²) in [5.41, 5.74) is -1.87. The average molecular weight is 210 g/mol. The molecular weight excluding hydrogens is 205 g/mol. The van der Waals surface area contributed by atoms with E-state index in [1.165, 1.54) is 0 Å². The smallest absolute Gasteiger partial charge is 0.227 e. The Balaban J connectivity index is 2.48. The van der Waals surface area contributed by atoms with Crippen LogP contribution in [0, 0.1) is 4.77 Å². The first kappa shape index (κ1) is 8.67. The number of H-pyrrole nitrogens is 1. The fraction of sp³-hybridized carbons (Fsp3) is 0.800. The van der Waals surface area contributed by atoms with Crippen LogP contribution in [0.15, 0.2) is 0 Å². The molecule has 13 heavy (non-hydrogen) atoms. The second-order valence-electron chi connectivity index (χ2n) is 2.95. The minimum absolute atomic E-state index is 0.0364. The number of hydrogen-bond donors (Lipinski definition) is 1. The Morgan fingerprint density at radius 2 is 2.08 bits per heavy atom. The molecule has 1 fully saturated rings. The summed E-state index contributed by atoms with van der Waals surface area (Å²) in [7, 11) is 0. The molecule has 0 bridgehead atoms. The molecule has 4 nitrogen and oxygen atoms in total. The number of hydrogen-bond acceptors (Lipinski definition) is 3. The van der Waals surface area contributed by atoms with Gasteiger partial charge in [0.1, 0.15) is 0 Å². The summed E-state index contributed by atoms with van der Waals surface area (Å²) in [4.78, 5) is 0. The molecule has 0 saturated heterocycles. The molecular formula is C5H5F3N4S. The number of alkyl halides is 3. The monoisotopic (exact) mass is 210 g/mol. The summed E-state index contributed by atoms with van der Waals surface area (Å²) in [5.74, 6) is 0. The maximum Gasteiger partial charge on any atom is 0.413 e. The lowest BCUT2D eigenvalue weighted by atomic mass is 10.3. The van der Waals surface area contributed by atoms with Gasteiger partial charge in [0.05, 0.1) is 0 Å². The van der Waals surface area contributed by atoms with Crippen LogP contribution in [0.3, 0.4) is 0 Å². The fourth-order valence-corrected chi connectivity index (χ4v) is 1.48. The molecule has 2 rings (SSSR count). The maximum absolute atomic E-state index is 12.5. The van der Waals surface area contributed by atoms with Crippen molar-refractivity contribution in [2.45, 2.75) is 24.6 Å². The van der Waals surface area contributed by atoms with E-state index in [0.29, 0.717) is 0 Å². The number of nitrogens with one attached hydrogen (secondary N) is 1. The van der Waals surface area contributed by atoms with E-state index in [2.05, 4.69) is 27.7 Å². The summed E-state index contributed by atoms with van der Waals surface area (Å²) in [6.45, 7) is 0. The summed E-state index contributed by atoms with van der Waals surface area (Å²) >= 11 is 4.60. The van der Waals surface area contributed by atoms with Gasteiger partial charge in [-0.25, -0.2) is 4.68 Å². The summed E-state index contributed by atoms with van der Waals surface area (Å²) in [6, 6.07) is 0. The fourth-order valence-electron chi connectivity index (χ4n) is 1.23. The summed E-state index contributed by atoms with van der Waals surface area (Å²) in [6.07, 6.45) is -4.22. The molecule has 0 radical (unpaired) electrons. The molecule has 1 aliphatic carbocycles. The molecule has 8 heteroatoms. The van der Waals surface area contributed by atoms with Gasteiger partial charge in [0.25, 0.3) is 0 Å². The van der Waals surface area contributed by atoms with Crippen LogP contribution in [0.1, 0.15) is 12.8 Å². The lowest BCUT2D eigenvalue weighted by Gasteiger charge is -2.18. The second kappa shape index (κ2) is 2.31. The van der Waals surface area contributed by atoms with Crippen LogP contribution in [-0.2, 0) is 5.54 Å². The van der Waals surface area contributed by atoms with E-state index < -0.39 is 11.7 Å². The third-order valence-corrected chi connectivity index (χ3v) is 2.42. The predicted octanol–water partition coefficient (Wildman–Crippen LogP) is 1.39. The van der Waals surface area contributed by atoms with Crippen molar-refractivity contribution in [2.75, 3.05) is 0 Å². The SMILES string of the molecule is FC(F)(F)C1(n2[nH]nnc2=S)CC1. The van der Waals surface area contributed by atoms with Gasteiger partial charge in [0, 0.05) is 0 Å². The quantitative estimate of drug-likeness (QED) is 0.712. The third-order valence-electron chi connectivity index (χ3n) is 2.15. The van der Waals surface area contributed by atoms with Gasteiger partial charge in [-0.15, -0.1) is 0 Å². The largest absolute Gasteiger partial charge is 0.413 e. The standard InChI is InChI=1S/C5H5F3N4S/c6-5(7,8)4(1-2-4)12-3(13)9-10-11-12/h1-2H2,(H,9,11,13). The average Bonchev–Trinajstić information content (AvgIpc) is 2.70. The van der Waals surface area contributed by atoms with Crippen LogP contribution in [0.4, 0.5) is 13.2 Å². The molecule has 0 aliphatic heterocycles. The number of tetrazole rings is 1. The Morgan fingerprint density at radius 1 is 1.46 bits per heavy atom. The first-order valence-corrected chi connectivity index (χ1v) is 3.95. The molecule has 0 amide bonds. The second-order valence-corrected chi connectivity index (χ2v) is 3.31. The molecule has 1 heterocycles. The van der Waals surface area contributed by atoms with Crippen molar-refractivity contribution in [3.63, 3.8) is 0 Å². The van der Waals surface area contributed by atoms with Crippen molar-refractivity contribution in [2.24, 2.45) is 0 Å². The Hall–Kier alpha value is -0.920. The van der Waals surface area contributed by atoms with Crippen molar-refractivity contribution in [3.8, 4) is 0 Å². The van der Waals surface area contributed by atoms with Crippen molar-refractivity contribution < 1.29 is 13.2 Å². The molecule has 0 aromatic carbocycles. The van der Waals surface area contributed by atoms with E-state index in [-0.39, 0.29) is 17.6 Å². The molecule has 1 aromatic rings. The maximum atomic E-state index is 12.5. The number of rotatable bonds is 1. The Morgan fingerprint density at radius 3 is 2.38 bits per heavy atom. The zero-order chi connectivity index (χ0) is 9.69. The van der Waals surface area contributed by atoms with Crippen LogP contribution in [0.5, 0.6) is 0 Å². The van der Waals surface area contributed by atoms with E-state index in [1.54, 1.807) is 0 Å². The van der Waals surface area contributed by atoms with Gasteiger partial charge in [-0.2, -0.15) is 18.4 Å². The molecule has 1 aromatic heterocycles. The topological polar surface area (TPSA) is 46.5 Å². The molecule has 0 atom stereocenters. The van der Waals surface area contributed by atoms with E-state index in [9.17, 15) is 13.2 Å². The highest BCUT2D eigenvalue weighted by Gasteiger charge is 2.66. The molecule has 1 aliphatic rings. The van der Waals surface area contributed by atoms with Crippen molar-refractivity contribution in [1.29, 1.82) is 0 Å². The number of aromatic nitrogens is 4. The lowest BCUT2D eigenvalue weighted by molar-refractivity contribution is -0.183. The highest BCUT2D eigenvalue weighted by Crippen LogP contribution is 2.54. The molecule has 0 unspecified atom stereocenters. The number of halogens is 3. The molecule has 72 valence electrons. The first-order chi connectivity index (χ1) is 5.97. The minimum atomic E-state index is -4.29. The lowest BCUT2D eigenvalue weighted by Crippen LogP contribution is -2.35. The number of nitrogens with zero attached hydrogens (tertiary/aromatic N) is 3. The van der Waals surface area contributed by atoms with Gasteiger partial charge in [0.2, 0.25) is 4.77 Å².